The Balaban J connectivity index is 1.63. The van der Waals surface area contributed by atoms with Crippen LogP contribution >= 0.6 is 0 Å². The van der Waals surface area contributed by atoms with Crippen molar-refractivity contribution in [3.05, 3.63) is 18.1 Å². The Labute approximate surface area is 128 Å². The van der Waals surface area contributed by atoms with Gasteiger partial charge in [-0.1, -0.05) is 0 Å². The highest BCUT2D eigenvalue weighted by Crippen LogP contribution is 2.22. The highest BCUT2D eigenvalue weighted by Gasteiger charge is 2.32. The summed E-state index contributed by atoms with van der Waals surface area (Å²) in [5.41, 5.74) is 0.176. The molecule has 0 saturated carbocycles. The molecule has 0 aromatic carbocycles. The first-order valence-electron chi connectivity index (χ1n) is 7.52. The van der Waals surface area contributed by atoms with Gasteiger partial charge in [-0.05, 0) is 19.3 Å². The molecule has 7 nitrogen and oxygen atoms in total. The first kappa shape index (κ1) is 14.7. The molecule has 0 bridgehead atoms. The van der Waals surface area contributed by atoms with Crippen molar-refractivity contribution in [2.45, 2.75) is 25.4 Å². The lowest BCUT2D eigenvalue weighted by Crippen LogP contribution is -2.46. The van der Waals surface area contributed by atoms with Gasteiger partial charge in [-0.3, -0.25) is 4.79 Å². The molecule has 1 amide bonds. The summed E-state index contributed by atoms with van der Waals surface area (Å²) in [7, 11) is 0. The first-order chi connectivity index (χ1) is 10.8. The summed E-state index contributed by atoms with van der Waals surface area (Å²) in [5, 5.41) is 9.02. The van der Waals surface area contributed by atoms with Crippen molar-refractivity contribution in [2.24, 2.45) is 5.92 Å². The van der Waals surface area contributed by atoms with Crippen molar-refractivity contribution in [1.29, 1.82) is 5.26 Å². The van der Waals surface area contributed by atoms with Gasteiger partial charge in [0.15, 0.2) is 0 Å². The van der Waals surface area contributed by atoms with Crippen LogP contribution in [0.2, 0.25) is 0 Å². The maximum atomic E-state index is 12.4. The van der Waals surface area contributed by atoms with Gasteiger partial charge in [-0.15, -0.1) is 0 Å². The fraction of sp³-hybridized carbons (Fsp3) is 0.600. The predicted molar refractivity (Wildman–Crippen MR) is 75.9 cm³/mol. The molecular weight excluding hydrogens is 284 g/mol. The van der Waals surface area contributed by atoms with E-state index in [0.717, 1.165) is 25.8 Å². The number of amides is 1. The van der Waals surface area contributed by atoms with Gasteiger partial charge >= 0.3 is 0 Å². The molecule has 0 aliphatic carbocycles. The van der Waals surface area contributed by atoms with Crippen LogP contribution in [0.25, 0.3) is 0 Å². The molecule has 0 N–H and O–H groups in total. The quantitative estimate of drug-likeness (QED) is 0.819. The number of aromatic nitrogens is 2. The predicted octanol–water partition coefficient (Wildman–Crippen LogP) is 0.755. The summed E-state index contributed by atoms with van der Waals surface area (Å²) in [6.07, 6.45) is 5.33. The van der Waals surface area contributed by atoms with Crippen LogP contribution in [-0.2, 0) is 9.53 Å². The van der Waals surface area contributed by atoms with Gasteiger partial charge in [-0.25, -0.2) is 9.97 Å². The van der Waals surface area contributed by atoms with Gasteiger partial charge in [0.1, 0.15) is 12.2 Å². The largest absolute Gasteiger partial charge is 0.470 e. The Kier molecular flexibility index (Phi) is 4.49. The van der Waals surface area contributed by atoms with E-state index in [1.54, 1.807) is 0 Å². The van der Waals surface area contributed by atoms with E-state index in [4.69, 9.17) is 14.7 Å². The van der Waals surface area contributed by atoms with Gasteiger partial charge in [0.05, 0.1) is 19.1 Å². The number of rotatable bonds is 3. The number of likely N-dealkylation sites (tertiary alicyclic amines) is 1. The lowest BCUT2D eigenvalue weighted by molar-refractivity contribution is -0.138. The Morgan fingerprint density at radius 1 is 1.41 bits per heavy atom. The maximum absolute atomic E-state index is 12.4. The van der Waals surface area contributed by atoms with E-state index in [9.17, 15) is 4.79 Å². The van der Waals surface area contributed by atoms with E-state index < -0.39 is 0 Å². The van der Waals surface area contributed by atoms with Crippen molar-refractivity contribution in [3.63, 3.8) is 0 Å². The van der Waals surface area contributed by atoms with Crippen LogP contribution < -0.4 is 4.74 Å². The average Bonchev–Trinajstić information content (AvgIpc) is 3.09. The molecule has 22 heavy (non-hydrogen) atoms. The minimum atomic E-state index is -0.149. The molecule has 116 valence electrons. The SMILES string of the molecule is N#Cc1nccnc1O[C@H]1CCCN(C(=O)[C@H]2CCOC2)C1. The fourth-order valence-corrected chi connectivity index (χ4v) is 2.87. The van der Waals surface area contributed by atoms with Crippen LogP contribution in [0.5, 0.6) is 5.88 Å². The van der Waals surface area contributed by atoms with E-state index in [2.05, 4.69) is 9.97 Å². The van der Waals surface area contributed by atoms with Crippen LogP contribution in [-0.4, -0.2) is 53.2 Å². The van der Waals surface area contributed by atoms with Crippen LogP contribution in [0.3, 0.4) is 0 Å². The minimum absolute atomic E-state index is 0.0232. The average molecular weight is 302 g/mol. The number of carbonyl (C=O) groups excluding carboxylic acids is 1. The standard InChI is InChI=1S/C15H18N4O3/c16-8-13-14(18-5-4-17-13)22-12-2-1-6-19(9-12)15(20)11-3-7-21-10-11/h4-5,11-12H,1-3,6-7,9-10H2/t11-,12-/m0/s1. The van der Waals surface area contributed by atoms with Crippen molar-refractivity contribution in [1.82, 2.24) is 14.9 Å². The third kappa shape index (κ3) is 3.17. The van der Waals surface area contributed by atoms with Gasteiger partial charge in [0.25, 0.3) is 5.88 Å². The Morgan fingerprint density at radius 2 is 2.27 bits per heavy atom. The third-order valence-electron chi connectivity index (χ3n) is 4.02. The summed E-state index contributed by atoms with van der Waals surface area (Å²) in [6.45, 7) is 2.45. The number of hydrogen-bond acceptors (Lipinski definition) is 6. The molecule has 2 saturated heterocycles. The Hall–Kier alpha value is -2.20. The van der Waals surface area contributed by atoms with Gasteiger partial charge in [0, 0.05) is 25.5 Å². The first-order valence-corrected chi connectivity index (χ1v) is 7.52. The molecule has 1 aromatic heterocycles. The Morgan fingerprint density at radius 3 is 3.05 bits per heavy atom. The van der Waals surface area contributed by atoms with Crippen LogP contribution in [0.4, 0.5) is 0 Å². The van der Waals surface area contributed by atoms with Crippen LogP contribution in [0.15, 0.2) is 12.4 Å². The number of piperidine rings is 1. The van der Waals surface area contributed by atoms with Crippen molar-refractivity contribution < 1.29 is 14.3 Å². The van der Waals surface area contributed by atoms with E-state index in [0.29, 0.717) is 19.8 Å². The zero-order valence-electron chi connectivity index (χ0n) is 12.3. The highest BCUT2D eigenvalue weighted by molar-refractivity contribution is 5.79. The number of nitrogens with zero attached hydrogens (tertiary/aromatic N) is 4. The molecule has 2 aliphatic rings. The topological polar surface area (TPSA) is 88.3 Å². The van der Waals surface area contributed by atoms with Crippen molar-refractivity contribution >= 4 is 5.91 Å². The molecule has 1 aromatic rings. The second-order valence-electron chi connectivity index (χ2n) is 5.55. The number of nitriles is 1. The molecular formula is C15H18N4O3. The molecule has 0 spiro atoms. The summed E-state index contributed by atoms with van der Waals surface area (Å²) in [4.78, 5) is 22.3. The van der Waals surface area contributed by atoms with Gasteiger partial charge in [-0.2, -0.15) is 5.26 Å². The molecule has 3 heterocycles. The number of ether oxygens (including phenoxy) is 2. The number of hydrogen-bond donors (Lipinski definition) is 0. The summed E-state index contributed by atoms with van der Waals surface area (Å²) >= 11 is 0. The zero-order valence-corrected chi connectivity index (χ0v) is 12.3. The van der Waals surface area contributed by atoms with Gasteiger partial charge in [0.2, 0.25) is 11.6 Å². The maximum Gasteiger partial charge on any atom is 0.251 e. The molecule has 0 unspecified atom stereocenters. The van der Waals surface area contributed by atoms with E-state index in [1.807, 2.05) is 11.0 Å². The summed E-state index contributed by atoms with van der Waals surface area (Å²) in [5.74, 6) is 0.365. The lowest BCUT2D eigenvalue weighted by Gasteiger charge is -2.33. The van der Waals surface area contributed by atoms with E-state index in [-0.39, 0.29) is 29.5 Å². The van der Waals surface area contributed by atoms with Gasteiger partial charge < -0.3 is 14.4 Å². The number of carbonyl (C=O) groups is 1. The molecule has 7 heteroatoms. The molecule has 0 radical (unpaired) electrons. The minimum Gasteiger partial charge on any atom is -0.470 e. The van der Waals surface area contributed by atoms with Crippen LogP contribution in [0, 0.1) is 17.2 Å². The molecule has 2 fully saturated rings. The normalized spacial score (nSPS) is 24.8. The fourth-order valence-electron chi connectivity index (χ4n) is 2.87. The van der Waals surface area contributed by atoms with Crippen LogP contribution in [0.1, 0.15) is 25.0 Å². The highest BCUT2D eigenvalue weighted by atomic mass is 16.5. The van der Waals surface area contributed by atoms with E-state index >= 15 is 0 Å². The molecule has 2 aliphatic heterocycles. The second kappa shape index (κ2) is 6.71. The molecule has 3 rings (SSSR count). The zero-order chi connectivity index (χ0) is 15.4. The third-order valence-corrected chi connectivity index (χ3v) is 4.02. The Bertz CT molecular complexity index is 580. The second-order valence-corrected chi connectivity index (χ2v) is 5.55. The monoisotopic (exact) mass is 302 g/mol. The summed E-state index contributed by atoms with van der Waals surface area (Å²) in [6, 6.07) is 1.97. The van der Waals surface area contributed by atoms with Crippen molar-refractivity contribution in [3.8, 4) is 11.9 Å². The van der Waals surface area contributed by atoms with Crippen molar-refractivity contribution in [2.75, 3.05) is 26.3 Å². The molecule has 2 atom stereocenters. The lowest BCUT2D eigenvalue weighted by atomic mass is 10.0. The smallest absolute Gasteiger partial charge is 0.251 e. The van der Waals surface area contributed by atoms with E-state index in [1.165, 1.54) is 12.4 Å². The summed E-state index contributed by atoms with van der Waals surface area (Å²) < 4.78 is 11.1.